The second-order valence-electron chi connectivity index (χ2n) is 7.46. The number of nitrogens with zero attached hydrogens (tertiary/aromatic N) is 2. The van der Waals surface area contributed by atoms with Crippen molar-refractivity contribution in [2.45, 2.75) is 44.7 Å². The molecule has 1 aromatic carbocycles. The van der Waals surface area contributed by atoms with Gasteiger partial charge in [0.15, 0.2) is 5.03 Å². The van der Waals surface area contributed by atoms with Gasteiger partial charge in [-0.3, -0.25) is 10.5 Å². The number of H-pyrrole nitrogens is 1. The number of nitrogens with one attached hydrogen (secondary N) is 2. The molecule has 29 heavy (non-hydrogen) atoms. The number of nitrogens with two attached hydrogens (primary N) is 1. The van der Waals surface area contributed by atoms with Crippen molar-refractivity contribution in [1.82, 2.24) is 5.32 Å². The number of pyridine rings is 1. The summed E-state index contributed by atoms with van der Waals surface area (Å²) in [6.45, 7) is 8.43. The number of nitriles is 2. The summed E-state index contributed by atoms with van der Waals surface area (Å²) in [7, 11) is 0. The van der Waals surface area contributed by atoms with Gasteiger partial charge in [0.05, 0.1) is 11.8 Å². The molecule has 7 heteroatoms. The number of nitrogen functional groups attached to an aromatic ring is 1. The third-order valence-corrected chi connectivity index (χ3v) is 5.62. The number of hydrogen-bond donors (Lipinski definition) is 2. The molecule has 0 saturated carbocycles. The number of benzene rings is 1. The van der Waals surface area contributed by atoms with Crippen LogP contribution in [0.25, 0.3) is 0 Å². The Kier molecular flexibility index (Phi) is 7.64. The van der Waals surface area contributed by atoms with Gasteiger partial charge in [0.25, 0.3) is 5.82 Å². The third kappa shape index (κ3) is 5.73. The summed E-state index contributed by atoms with van der Waals surface area (Å²) in [5.41, 5.74) is 8.61. The van der Waals surface area contributed by atoms with E-state index in [0.717, 1.165) is 5.56 Å². The number of carbonyl (C=O) groups excluding carboxylic acids is 1. The van der Waals surface area contributed by atoms with E-state index in [9.17, 15) is 10.1 Å². The van der Waals surface area contributed by atoms with Crippen LogP contribution in [-0.2, 0) is 4.79 Å². The number of amides is 1. The highest BCUT2D eigenvalue weighted by Gasteiger charge is 2.20. The van der Waals surface area contributed by atoms with Crippen molar-refractivity contribution in [2.75, 3.05) is 11.5 Å². The Hall–Kier alpha value is -3.03. The predicted octanol–water partition coefficient (Wildman–Crippen LogP) is 3.56. The summed E-state index contributed by atoms with van der Waals surface area (Å²) in [6, 6.07) is 13.6. The normalized spacial score (nSPS) is 11.7. The van der Waals surface area contributed by atoms with Gasteiger partial charge in [0.2, 0.25) is 5.91 Å². The van der Waals surface area contributed by atoms with Gasteiger partial charge in [-0.15, -0.1) is 0 Å². The molecule has 0 aliphatic rings. The zero-order chi connectivity index (χ0) is 21.6. The molecule has 6 nitrogen and oxygen atoms in total. The van der Waals surface area contributed by atoms with Gasteiger partial charge in [0.1, 0.15) is 23.3 Å². The lowest BCUT2D eigenvalue weighted by atomic mass is 9.93. The molecule has 0 unspecified atom stereocenters. The van der Waals surface area contributed by atoms with Gasteiger partial charge in [-0.1, -0.05) is 63.7 Å². The van der Waals surface area contributed by atoms with Crippen LogP contribution < -0.4 is 16.0 Å². The summed E-state index contributed by atoms with van der Waals surface area (Å²) in [5, 5.41) is 21.9. The van der Waals surface area contributed by atoms with Crippen LogP contribution in [0.5, 0.6) is 0 Å². The number of aromatic nitrogens is 1. The highest BCUT2D eigenvalue weighted by atomic mass is 32.2. The molecule has 1 amide bonds. The van der Waals surface area contributed by atoms with Crippen LogP contribution in [0.3, 0.4) is 0 Å². The van der Waals surface area contributed by atoms with E-state index in [2.05, 4.69) is 62.3 Å². The van der Waals surface area contributed by atoms with Crippen molar-refractivity contribution in [3.05, 3.63) is 52.6 Å². The van der Waals surface area contributed by atoms with Crippen LogP contribution in [0.2, 0.25) is 0 Å². The smallest absolute Gasteiger partial charge is 0.289 e. The summed E-state index contributed by atoms with van der Waals surface area (Å²) < 4.78 is 0. The fourth-order valence-corrected chi connectivity index (χ4v) is 3.71. The molecule has 0 fully saturated rings. The maximum atomic E-state index is 12.6. The monoisotopic (exact) mass is 408 g/mol. The van der Waals surface area contributed by atoms with Gasteiger partial charge in [-0.05, 0) is 29.0 Å². The molecular formula is C22H26N5OS+. The number of aromatic amines is 1. The highest BCUT2D eigenvalue weighted by Crippen LogP contribution is 2.25. The van der Waals surface area contributed by atoms with E-state index >= 15 is 0 Å². The molecule has 4 N–H and O–H groups in total. The zero-order valence-corrected chi connectivity index (χ0v) is 17.9. The van der Waals surface area contributed by atoms with E-state index in [1.807, 2.05) is 12.1 Å². The second-order valence-corrected chi connectivity index (χ2v) is 8.45. The third-order valence-electron chi connectivity index (χ3n) is 4.61. The Labute approximate surface area is 176 Å². The fraction of sp³-hybridized carbons (Fsp3) is 0.364. The Bertz CT molecular complexity index is 955. The maximum Gasteiger partial charge on any atom is 0.289 e. The molecule has 0 aliphatic heterocycles. The number of anilines is 1. The topological polar surface area (TPSA) is 117 Å². The first kappa shape index (κ1) is 22.3. The first-order valence-electron chi connectivity index (χ1n) is 9.44. The van der Waals surface area contributed by atoms with Crippen molar-refractivity contribution in [3.8, 4) is 12.1 Å². The average Bonchev–Trinajstić information content (AvgIpc) is 2.70. The van der Waals surface area contributed by atoms with Gasteiger partial charge in [0, 0.05) is 0 Å². The van der Waals surface area contributed by atoms with Crippen LogP contribution in [0.15, 0.2) is 35.4 Å². The SMILES string of the molecule is CC(C)c1ccc([C@@H](NC(=O)CSc2[nH+]c(N)c(C#N)cc2C#N)C(C)C)cc1. The molecule has 0 bridgehead atoms. The minimum absolute atomic E-state index is 0.102. The number of hydrogen-bond acceptors (Lipinski definition) is 5. The maximum absolute atomic E-state index is 12.6. The minimum Gasteiger partial charge on any atom is -0.348 e. The molecule has 0 spiro atoms. The summed E-state index contributed by atoms with van der Waals surface area (Å²) in [4.78, 5) is 15.4. The zero-order valence-electron chi connectivity index (χ0n) is 17.1. The number of thioether (sulfide) groups is 1. The molecule has 2 aromatic rings. The first-order chi connectivity index (χ1) is 13.8. The second kappa shape index (κ2) is 9.95. The van der Waals surface area contributed by atoms with Crippen LogP contribution in [0, 0.1) is 28.6 Å². The summed E-state index contributed by atoms with van der Waals surface area (Å²) in [6.07, 6.45) is 0. The standard InChI is InChI=1S/C22H25N5OS/c1-13(2)15-5-7-16(8-6-15)20(14(3)4)26-19(28)12-29-22-18(11-24)9-17(10-23)21(25)27-22/h5-9,13-14,20H,12H2,1-4H3,(H2,25,27)(H,26,28)/p+1/t20-/m0/s1. The Morgan fingerprint density at radius 2 is 1.69 bits per heavy atom. The Morgan fingerprint density at radius 3 is 2.21 bits per heavy atom. The van der Waals surface area contributed by atoms with E-state index in [1.54, 1.807) is 0 Å². The fourth-order valence-electron chi connectivity index (χ4n) is 2.91. The Balaban J connectivity index is 2.09. The molecule has 150 valence electrons. The summed E-state index contributed by atoms with van der Waals surface area (Å²) in [5.74, 6) is 0.851. The lowest BCUT2D eigenvalue weighted by Gasteiger charge is -2.23. The summed E-state index contributed by atoms with van der Waals surface area (Å²) >= 11 is 1.19. The molecule has 0 radical (unpaired) electrons. The number of carbonyl (C=O) groups is 1. The highest BCUT2D eigenvalue weighted by molar-refractivity contribution is 7.99. The number of rotatable bonds is 7. The van der Waals surface area contributed by atoms with Gasteiger partial charge in [-0.25, -0.2) is 4.98 Å². The molecular weight excluding hydrogens is 382 g/mol. The quantitative estimate of drug-likeness (QED) is 0.679. The van der Waals surface area contributed by atoms with Gasteiger partial charge in [-0.2, -0.15) is 10.5 Å². The van der Waals surface area contributed by atoms with Crippen molar-refractivity contribution < 1.29 is 9.78 Å². The van der Waals surface area contributed by atoms with Crippen molar-refractivity contribution in [3.63, 3.8) is 0 Å². The molecule has 0 saturated heterocycles. The van der Waals surface area contributed by atoms with Crippen molar-refractivity contribution in [2.24, 2.45) is 5.92 Å². The van der Waals surface area contributed by atoms with E-state index in [1.165, 1.54) is 23.4 Å². The van der Waals surface area contributed by atoms with Gasteiger partial charge < -0.3 is 5.32 Å². The van der Waals surface area contributed by atoms with E-state index in [0.29, 0.717) is 16.5 Å². The average molecular weight is 409 g/mol. The Morgan fingerprint density at radius 1 is 1.10 bits per heavy atom. The molecule has 1 atom stereocenters. The van der Waals surface area contributed by atoms with Crippen LogP contribution in [0.1, 0.15) is 61.9 Å². The van der Waals surface area contributed by atoms with Crippen LogP contribution in [-0.4, -0.2) is 11.7 Å². The lowest BCUT2D eigenvalue weighted by Crippen LogP contribution is -2.33. The predicted molar refractivity (Wildman–Crippen MR) is 114 cm³/mol. The lowest BCUT2D eigenvalue weighted by molar-refractivity contribution is -0.410. The minimum atomic E-state index is -0.137. The first-order valence-corrected chi connectivity index (χ1v) is 10.4. The van der Waals surface area contributed by atoms with E-state index in [-0.39, 0.29) is 35.0 Å². The molecule has 2 rings (SSSR count). The molecule has 1 aromatic heterocycles. The van der Waals surface area contributed by atoms with Gasteiger partial charge >= 0.3 is 0 Å². The van der Waals surface area contributed by atoms with Crippen LogP contribution >= 0.6 is 11.8 Å². The van der Waals surface area contributed by atoms with Crippen molar-refractivity contribution >= 4 is 23.5 Å². The van der Waals surface area contributed by atoms with Crippen molar-refractivity contribution in [1.29, 1.82) is 10.5 Å². The molecule has 0 aliphatic carbocycles. The van der Waals surface area contributed by atoms with E-state index in [4.69, 9.17) is 11.0 Å². The van der Waals surface area contributed by atoms with E-state index < -0.39 is 0 Å². The van der Waals surface area contributed by atoms with Crippen LogP contribution in [0.4, 0.5) is 5.82 Å². The largest absolute Gasteiger partial charge is 0.348 e. The molecule has 1 heterocycles.